The Morgan fingerprint density at radius 2 is 2.21 bits per heavy atom. The molecule has 2 heterocycles. The zero-order valence-corrected chi connectivity index (χ0v) is 11.8. The summed E-state index contributed by atoms with van der Waals surface area (Å²) in [6, 6.07) is 1.72. The van der Waals surface area contributed by atoms with Gasteiger partial charge < -0.3 is 14.7 Å². The second-order valence-electron chi connectivity index (χ2n) is 4.81. The van der Waals surface area contributed by atoms with Crippen LogP contribution in [0.5, 0.6) is 5.75 Å². The first-order chi connectivity index (χ1) is 9.00. The lowest BCUT2D eigenvalue weighted by Crippen LogP contribution is -2.57. The van der Waals surface area contributed by atoms with Gasteiger partial charge in [0.1, 0.15) is 16.2 Å². The topological polar surface area (TPSA) is 66.8 Å². The first kappa shape index (κ1) is 13.9. The molecule has 1 aromatic rings. The number of carboxylic acids is 1. The molecule has 1 aliphatic heterocycles. The first-order valence-electron chi connectivity index (χ1n) is 6.17. The zero-order valence-electron chi connectivity index (χ0n) is 11.0. The predicted molar refractivity (Wildman–Crippen MR) is 71.8 cm³/mol. The minimum atomic E-state index is -1.12. The van der Waals surface area contributed by atoms with Gasteiger partial charge in [-0.3, -0.25) is 4.79 Å². The van der Waals surface area contributed by atoms with Gasteiger partial charge in [-0.1, -0.05) is 0 Å². The van der Waals surface area contributed by atoms with Crippen LogP contribution in [0.15, 0.2) is 11.4 Å². The highest BCUT2D eigenvalue weighted by atomic mass is 32.1. The molecule has 1 aromatic heterocycles. The number of carbonyl (C=O) groups is 2. The number of piperidine rings is 1. The van der Waals surface area contributed by atoms with Gasteiger partial charge in [0.25, 0.3) is 5.91 Å². The van der Waals surface area contributed by atoms with Crippen molar-refractivity contribution >= 4 is 23.2 Å². The maximum Gasteiger partial charge on any atom is 0.329 e. The second kappa shape index (κ2) is 5.21. The third-order valence-electron chi connectivity index (χ3n) is 3.64. The Morgan fingerprint density at radius 3 is 2.84 bits per heavy atom. The van der Waals surface area contributed by atoms with Gasteiger partial charge in [-0.15, -0.1) is 11.3 Å². The van der Waals surface area contributed by atoms with E-state index in [9.17, 15) is 14.7 Å². The third kappa shape index (κ3) is 2.32. The number of hydrogen-bond donors (Lipinski definition) is 1. The van der Waals surface area contributed by atoms with E-state index in [1.54, 1.807) is 18.4 Å². The number of nitrogens with zero attached hydrogens (tertiary/aromatic N) is 1. The fraction of sp³-hybridized carbons (Fsp3) is 0.538. The van der Waals surface area contributed by atoms with E-state index in [0.29, 0.717) is 23.6 Å². The summed E-state index contributed by atoms with van der Waals surface area (Å²) in [7, 11) is 1.51. The molecule has 0 aromatic carbocycles. The summed E-state index contributed by atoms with van der Waals surface area (Å²) in [5.41, 5.74) is -1.12. The molecular formula is C13H17NO4S. The van der Waals surface area contributed by atoms with Crippen LogP contribution in [0.1, 0.15) is 35.9 Å². The Balaban J connectivity index is 2.33. The minimum absolute atomic E-state index is 0.253. The smallest absolute Gasteiger partial charge is 0.329 e. The average Bonchev–Trinajstić information content (AvgIpc) is 2.86. The average molecular weight is 283 g/mol. The Kier molecular flexibility index (Phi) is 3.80. The molecule has 6 heteroatoms. The van der Waals surface area contributed by atoms with Gasteiger partial charge in [0.2, 0.25) is 0 Å². The molecule has 2 rings (SSSR count). The highest BCUT2D eigenvalue weighted by Gasteiger charge is 2.44. The normalized spacial score (nSPS) is 23.2. The first-order valence-corrected chi connectivity index (χ1v) is 7.05. The molecule has 104 valence electrons. The number of hydrogen-bond acceptors (Lipinski definition) is 4. The summed E-state index contributed by atoms with van der Waals surface area (Å²) >= 11 is 1.28. The third-order valence-corrected chi connectivity index (χ3v) is 4.52. The van der Waals surface area contributed by atoms with Crippen LogP contribution in [-0.2, 0) is 4.79 Å². The number of rotatable bonds is 3. The molecule has 1 aliphatic rings. The summed E-state index contributed by atoms with van der Waals surface area (Å²) in [6.45, 7) is 2.09. The molecule has 1 fully saturated rings. The van der Waals surface area contributed by atoms with E-state index in [1.807, 2.05) is 0 Å². The van der Waals surface area contributed by atoms with Crippen molar-refractivity contribution in [3.63, 3.8) is 0 Å². The molecule has 1 N–H and O–H groups in total. The van der Waals surface area contributed by atoms with Gasteiger partial charge >= 0.3 is 5.97 Å². The molecule has 1 saturated heterocycles. The number of likely N-dealkylation sites (tertiary alicyclic amines) is 1. The summed E-state index contributed by atoms with van der Waals surface area (Å²) in [5, 5.41) is 11.2. The summed E-state index contributed by atoms with van der Waals surface area (Å²) < 4.78 is 5.14. The van der Waals surface area contributed by atoms with Crippen LogP contribution >= 0.6 is 11.3 Å². The van der Waals surface area contributed by atoms with Crippen LogP contribution < -0.4 is 4.74 Å². The SMILES string of the molecule is COc1ccsc1C(=O)N1CCCCC1(C)C(=O)O. The van der Waals surface area contributed by atoms with Gasteiger partial charge in [-0.05, 0) is 37.6 Å². The van der Waals surface area contributed by atoms with Gasteiger partial charge in [0.15, 0.2) is 0 Å². The van der Waals surface area contributed by atoms with Crippen LogP contribution in [0.2, 0.25) is 0 Å². The van der Waals surface area contributed by atoms with E-state index >= 15 is 0 Å². The van der Waals surface area contributed by atoms with Crippen molar-refractivity contribution in [3.8, 4) is 5.75 Å². The van der Waals surface area contributed by atoms with E-state index in [2.05, 4.69) is 0 Å². The van der Waals surface area contributed by atoms with E-state index in [4.69, 9.17) is 4.74 Å². The molecule has 0 radical (unpaired) electrons. The van der Waals surface area contributed by atoms with Crippen LogP contribution in [0.25, 0.3) is 0 Å². The Hall–Kier alpha value is -1.56. The molecule has 0 saturated carbocycles. The van der Waals surface area contributed by atoms with Crippen LogP contribution in [0.4, 0.5) is 0 Å². The van der Waals surface area contributed by atoms with Gasteiger partial charge in [0.05, 0.1) is 7.11 Å². The Morgan fingerprint density at radius 1 is 1.47 bits per heavy atom. The quantitative estimate of drug-likeness (QED) is 0.923. The lowest BCUT2D eigenvalue weighted by Gasteiger charge is -2.41. The molecule has 1 atom stereocenters. The predicted octanol–water partition coefficient (Wildman–Crippen LogP) is 2.23. The van der Waals surface area contributed by atoms with Crippen molar-refractivity contribution in [2.75, 3.05) is 13.7 Å². The molecule has 0 spiro atoms. The molecule has 1 unspecified atom stereocenters. The molecule has 1 amide bonds. The van der Waals surface area contributed by atoms with E-state index in [1.165, 1.54) is 23.3 Å². The molecule has 0 aliphatic carbocycles. The van der Waals surface area contributed by atoms with E-state index in [0.717, 1.165) is 12.8 Å². The number of thiophene rings is 1. The van der Waals surface area contributed by atoms with E-state index in [-0.39, 0.29) is 5.91 Å². The van der Waals surface area contributed by atoms with Crippen LogP contribution in [0, 0.1) is 0 Å². The number of carboxylic acid groups (broad SMARTS) is 1. The molecular weight excluding hydrogens is 266 g/mol. The van der Waals surface area contributed by atoms with Crippen molar-refractivity contribution in [3.05, 3.63) is 16.3 Å². The number of methoxy groups -OCH3 is 1. The lowest BCUT2D eigenvalue weighted by atomic mass is 9.88. The summed E-state index contributed by atoms with van der Waals surface area (Å²) in [5.74, 6) is -0.694. The zero-order chi connectivity index (χ0) is 14.0. The highest BCUT2D eigenvalue weighted by Crippen LogP contribution is 2.33. The van der Waals surface area contributed by atoms with Crippen molar-refractivity contribution in [1.82, 2.24) is 4.90 Å². The van der Waals surface area contributed by atoms with Gasteiger partial charge in [-0.2, -0.15) is 0 Å². The highest BCUT2D eigenvalue weighted by molar-refractivity contribution is 7.12. The Labute approximate surface area is 115 Å². The maximum absolute atomic E-state index is 12.6. The minimum Gasteiger partial charge on any atom is -0.495 e. The van der Waals surface area contributed by atoms with Crippen molar-refractivity contribution in [2.24, 2.45) is 0 Å². The van der Waals surface area contributed by atoms with Gasteiger partial charge in [0, 0.05) is 6.54 Å². The standard InChI is InChI=1S/C13H17NO4S/c1-13(12(16)17)6-3-4-7-14(13)11(15)10-9(18-2)5-8-19-10/h5,8H,3-4,6-7H2,1-2H3,(H,16,17). The maximum atomic E-state index is 12.6. The number of carbonyl (C=O) groups excluding carboxylic acids is 1. The van der Waals surface area contributed by atoms with Crippen LogP contribution in [0.3, 0.4) is 0 Å². The summed E-state index contributed by atoms with van der Waals surface area (Å²) in [4.78, 5) is 26.0. The summed E-state index contributed by atoms with van der Waals surface area (Å²) in [6.07, 6.45) is 2.15. The largest absolute Gasteiger partial charge is 0.495 e. The number of ether oxygens (including phenoxy) is 1. The van der Waals surface area contributed by atoms with Crippen molar-refractivity contribution < 1.29 is 19.4 Å². The molecule has 5 nitrogen and oxygen atoms in total. The number of aliphatic carboxylic acids is 1. The fourth-order valence-corrected chi connectivity index (χ4v) is 3.21. The molecule has 0 bridgehead atoms. The lowest BCUT2D eigenvalue weighted by molar-refractivity contribution is -0.150. The fourth-order valence-electron chi connectivity index (χ4n) is 2.41. The van der Waals surface area contributed by atoms with Crippen molar-refractivity contribution in [2.45, 2.75) is 31.7 Å². The van der Waals surface area contributed by atoms with Crippen molar-refractivity contribution in [1.29, 1.82) is 0 Å². The van der Waals surface area contributed by atoms with Gasteiger partial charge in [-0.25, -0.2) is 4.79 Å². The molecule has 19 heavy (non-hydrogen) atoms. The van der Waals surface area contributed by atoms with E-state index < -0.39 is 11.5 Å². The monoisotopic (exact) mass is 283 g/mol. The number of amides is 1. The second-order valence-corrected chi connectivity index (χ2v) is 5.73. The Bertz CT molecular complexity index is 499. The van der Waals surface area contributed by atoms with Crippen LogP contribution in [-0.4, -0.2) is 41.1 Å².